The smallest absolute Gasteiger partial charge is 0.309 e. The standard InChI is InChI=1S/C20H34O2/c1-2-3-4-5-15-6-8-16(9-7-15)17-10-12-18(13-11-17)19-14-20(21)22-19/h15-19H,2-14H2,1H3/t15-,16-,17?,18?,19?. The fourth-order valence-electron chi connectivity index (χ4n) is 5.21. The van der Waals surface area contributed by atoms with Crippen molar-refractivity contribution in [3.05, 3.63) is 0 Å². The van der Waals surface area contributed by atoms with E-state index < -0.39 is 0 Å². The predicted molar refractivity (Wildman–Crippen MR) is 89.5 cm³/mol. The molecule has 1 heterocycles. The van der Waals surface area contributed by atoms with Crippen LogP contribution in [-0.2, 0) is 9.53 Å². The summed E-state index contributed by atoms with van der Waals surface area (Å²) in [5.41, 5.74) is 0. The zero-order valence-electron chi connectivity index (χ0n) is 14.4. The molecule has 1 unspecified atom stereocenters. The predicted octanol–water partition coefficient (Wildman–Crippen LogP) is 5.50. The molecule has 2 saturated carbocycles. The Balaban J connectivity index is 1.33. The molecule has 2 heteroatoms. The van der Waals surface area contributed by atoms with Crippen molar-refractivity contribution in [2.45, 2.75) is 96.5 Å². The van der Waals surface area contributed by atoms with Gasteiger partial charge in [0.15, 0.2) is 0 Å². The van der Waals surface area contributed by atoms with Gasteiger partial charge < -0.3 is 4.74 Å². The van der Waals surface area contributed by atoms with E-state index in [9.17, 15) is 4.79 Å². The molecular formula is C20H34O2. The van der Waals surface area contributed by atoms with Gasteiger partial charge in [0.1, 0.15) is 6.10 Å². The average Bonchev–Trinajstić information content (AvgIpc) is 2.53. The summed E-state index contributed by atoms with van der Waals surface area (Å²) in [4.78, 5) is 11.0. The van der Waals surface area contributed by atoms with Crippen LogP contribution in [0.4, 0.5) is 0 Å². The van der Waals surface area contributed by atoms with E-state index in [4.69, 9.17) is 4.74 Å². The second-order valence-corrected chi connectivity index (χ2v) is 8.18. The van der Waals surface area contributed by atoms with E-state index in [1.54, 1.807) is 0 Å². The zero-order valence-corrected chi connectivity index (χ0v) is 14.4. The summed E-state index contributed by atoms with van der Waals surface area (Å²) in [5, 5.41) is 0. The number of hydrogen-bond donors (Lipinski definition) is 0. The fraction of sp³-hybridized carbons (Fsp3) is 0.950. The highest BCUT2D eigenvalue weighted by Gasteiger charge is 2.39. The maximum atomic E-state index is 11.0. The number of carbonyl (C=O) groups is 1. The monoisotopic (exact) mass is 306 g/mol. The van der Waals surface area contributed by atoms with Crippen LogP contribution in [0.2, 0.25) is 0 Å². The molecule has 0 aromatic rings. The molecule has 0 N–H and O–H groups in total. The van der Waals surface area contributed by atoms with Crippen LogP contribution < -0.4 is 0 Å². The van der Waals surface area contributed by atoms with E-state index in [1.807, 2.05) is 0 Å². The van der Waals surface area contributed by atoms with Crippen molar-refractivity contribution >= 4 is 5.97 Å². The number of carbonyl (C=O) groups excluding carboxylic acids is 1. The molecule has 0 bridgehead atoms. The summed E-state index contributed by atoms with van der Waals surface area (Å²) in [6.45, 7) is 2.30. The SMILES string of the molecule is CCCCC[C@H]1CC[C@H](C2CCC(C3CC(=O)O3)CC2)CC1. The first-order valence-electron chi connectivity index (χ1n) is 9.95. The average molecular weight is 306 g/mol. The Bertz CT molecular complexity index is 341. The van der Waals surface area contributed by atoms with Gasteiger partial charge in [-0.15, -0.1) is 0 Å². The maximum Gasteiger partial charge on any atom is 0.309 e. The van der Waals surface area contributed by atoms with Gasteiger partial charge in [-0.25, -0.2) is 0 Å². The summed E-state index contributed by atoms with van der Waals surface area (Å²) in [6, 6.07) is 0. The van der Waals surface area contributed by atoms with Crippen molar-refractivity contribution in [1.29, 1.82) is 0 Å². The summed E-state index contributed by atoms with van der Waals surface area (Å²) in [7, 11) is 0. The zero-order chi connectivity index (χ0) is 15.4. The van der Waals surface area contributed by atoms with Gasteiger partial charge in [-0.3, -0.25) is 4.79 Å². The molecule has 1 saturated heterocycles. The molecule has 2 aliphatic carbocycles. The van der Waals surface area contributed by atoms with Gasteiger partial charge in [0.05, 0.1) is 6.42 Å². The number of esters is 1. The third-order valence-corrected chi connectivity index (χ3v) is 6.77. The maximum absolute atomic E-state index is 11.0. The van der Waals surface area contributed by atoms with Gasteiger partial charge in [0.2, 0.25) is 0 Å². The minimum Gasteiger partial charge on any atom is -0.461 e. The Labute approximate surface area is 136 Å². The molecule has 0 radical (unpaired) electrons. The molecule has 0 amide bonds. The third-order valence-electron chi connectivity index (χ3n) is 6.77. The van der Waals surface area contributed by atoms with Crippen molar-refractivity contribution < 1.29 is 9.53 Å². The van der Waals surface area contributed by atoms with Gasteiger partial charge in [-0.2, -0.15) is 0 Å². The van der Waals surface area contributed by atoms with Crippen LogP contribution in [0.5, 0.6) is 0 Å². The lowest BCUT2D eigenvalue weighted by molar-refractivity contribution is -0.176. The van der Waals surface area contributed by atoms with E-state index in [1.165, 1.54) is 77.0 Å². The molecule has 0 aromatic carbocycles. The summed E-state index contributed by atoms with van der Waals surface area (Å²) in [5.74, 6) is 3.72. The molecule has 2 nitrogen and oxygen atoms in total. The molecular weight excluding hydrogens is 272 g/mol. The van der Waals surface area contributed by atoms with Crippen LogP contribution in [0.1, 0.15) is 90.4 Å². The fourth-order valence-corrected chi connectivity index (χ4v) is 5.21. The Morgan fingerprint density at radius 3 is 1.95 bits per heavy atom. The van der Waals surface area contributed by atoms with Crippen molar-refractivity contribution in [3.63, 3.8) is 0 Å². The number of hydrogen-bond acceptors (Lipinski definition) is 2. The molecule has 22 heavy (non-hydrogen) atoms. The van der Waals surface area contributed by atoms with E-state index in [-0.39, 0.29) is 12.1 Å². The molecule has 1 atom stereocenters. The number of ether oxygens (including phenoxy) is 1. The summed E-state index contributed by atoms with van der Waals surface area (Å²) in [6.07, 6.45) is 18.1. The van der Waals surface area contributed by atoms with Crippen LogP contribution in [0, 0.1) is 23.7 Å². The lowest BCUT2D eigenvalue weighted by Crippen LogP contribution is -2.41. The molecule has 0 spiro atoms. The molecule has 3 fully saturated rings. The van der Waals surface area contributed by atoms with E-state index in [0.717, 1.165) is 17.8 Å². The van der Waals surface area contributed by atoms with E-state index in [0.29, 0.717) is 12.3 Å². The summed E-state index contributed by atoms with van der Waals surface area (Å²) >= 11 is 0. The van der Waals surface area contributed by atoms with Crippen LogP contribution in [-0.4, -0.2) is 12.1 Å². The van der Waals surface area contributed by atoms with Gasteiger partial charge in [0, 0.05) is 0 Å². The van der Waals surface area contributed by atoms with Crippen LogP contribution in [0.25, 0.3) is 0 Å². The molecule has 3 aliphatic rings. The minimum absolute atomic E-state index is 0.0218. The van der Waals surface area contributed by atoms with Crippen LogP contribution in [0.15, 0.2) is 0 Å². The number of unbranched alkanes of at least 4 members (excludes halogenated alkanes) is 2. The molecule has 1 aliphatic heterocycles. The van der Waals surface area contributed by atoms with Crippen molar-refractivity contribution in [3.8, 4) is 0 Å². The lowest BCUT2D eigenvalue weighted by atomic mass is 9.67. The second-order valence-electron chi connectivity index (χ2n) is 8.18. The van der Waals surface area contributed by atoms with E-state index in [2.05, 4.69) is 6.92 Å². The van der Waals surface area contributed by atoms with Gasteiger partial charge in [-0.1, -0.05) is 45.4 Å². The first-order valence-corrected chi connectivity index (χ1v) is 9.95. The Morgan fingerprint density at radius 2 is 1.41 bits per heavy atom. The van der Waals surface area contributed by atoms with Gasteiger partial charge >= 0.3 is 5.97 Å². The Kier molecular flexibility index (Phi) is 5.82. The molecule has 3 rings (SSSR count). The number of cyclic esters (lactones) is 1. The molecule has 0 aromatic heterocycles. The highest BCUT2D eigenvalue weighted by molar-refractivity contribution is 5.75. The second kappa shape index (κ2) is 7.84. The first kappa shape index (κ1) is 16.3. The normalized spacial score (nSPS) is 39.1. The highest BCUT2D eigenvalue weighted by Crippen LogP contribution is 2.44. The Morgan fingerprint density at radius 1 is 0.864 bits per heavy atom. The Hall–Kier alpha value is -0.530. The van der Waals surface area contributed by atoms with Crippen LogP contribution >= 0.6 is 0 Å². The topological polar surface area (TPSA) is 26.3 Å². The van der Waals surface area contributed by atoms with Crippen molar-refractivity contribution in [2.75, 3.05) is 0 Å². The quantitative estimate of drug-likeness (QED) is 0.479. The van der Waals surface area contributed by atoms with Crippen molar-refractivity contribution in [1.82, 2.24) is 0 Å². The highest BCUT2D eigenvalue weighted by atomic mass is 16.6. The van der Waals surface area contributed by atoms with Crippen LogP contribution in [0.3, 0.4) is 0 Å². The summed E-state index contributed by atoms with van der Waals surface area (Å²) < 4.78 is 5.28. The van der Waals surface area contributed by atoms with E-state index >= 15 is 0 Å². The van der Waals surface area contributed by atoms with Gasteiger partial charge in [-0.05, 0) is 62.2 Å². The first-order chi connectivity index (χ1) is 10.8. The number of rotatable bonds is 6. The van der Waals surface area contributed by atoms with Gasteiger partial charge in [0.25, 0.3) is 0 Å². The largest absolute Gasteiger partial charge is 0.461 e. The minimum atomic E-state index is 0.0218. The third kappa shape index (κ3) is 4.06. The lowest BCUT2D eigenvalue weighted by Gasteiger charge is -2.41. The van der Waals surface area contributed by atoms with Crippen molar-refractivity contribution in [2.24, 2.45) is 23.7 Å². The molecule has 126 valence electrons.